The minimum Gasteiger partial charge on any atom is -0.464 e. The molecule has 0 aliphatic heterocycles. The third-order valence-corrected chi connectivity index (χ3v) is 2.51. The summed E-state index contributed by atoms with van der Waals surface area (Å²) in [4.78, 5) is 11.6. The SMILES string of the molecule is CCCC(Nc1ccc(F)c(F)c1F)C(=O)OCC. The summed E-state index contributed by atoms with van der Waals surface area (Å²) in [6, 6.07) is 1.06. The number of anilines is 1. The fourth-order valence-electron chi connectivity index (χ4n) is 1.61. The van der Waals surface area contributed by atoms with Crippen LogP contribution in [0.1, 0.15) is 26.7 Å². The maximum absolute atomic E-state index is 13.5. The summed E-state index contributed by atoms with van der Waals surface area (Å²) in [6.45, 7) is 3.69. The first kappa shape index (κ1) is 15.3. The summed E-state index contributed by atoms with van der Waals surface area (Å²) in [5, 5.41) is 2.54. The van der Waals surface area contributed by atoms with Crippen molar-refractivity contribution in [2.75, 3.05) is 11.9 Å². The highest BCUT2D eigenvalue weighted by molar-refractivity contribution is 5.79. The van der Waals surface area contributed by atoms with Crippen LogP contribution in [0.25, 0.3) is 0 Å². The molecule has 0 spiro atoms. The zero-order valence-corrected chi connectivity index (χ0v) is 10.8. The fourth-order valence-corrected chi connectivity index (χ4v) is 1.61. The predicted octanol–water partition coefficient (Wildman–Crippen LogP) is 3.25. The first-order valence-corrected chi connectivity index (χ1v) is 6.07. The maximum atomic E-state index is 13.5. The monoisotopic (exact) mass is 275 g/mol. The molecule has 0 aliphatic carbocycles. The Morgan fingerprint density at radius 1 is 1.26 bits per heavy atom. The molecule has 0 aromatic heterocycles. The van der Waals surface area contributed by atoms with Gasteiger partial charge in [0.2, 0.25) is 0 Å². The standard InChI is InChI=1S/C13H16F3NO2/c1-3-5-10(13(18)19-4-2)17-9-7-6-8(14)11(15)12(9)16/h6-7,10,17H,3-5H2,1-2H3. The molecule has 1 aromatic carbocycles. The lowest BCUT2D eigenvalue weighted by Crippen LogP contribution is -2.31. The van der Waals surface area contributed by atoms with E-state index in [0.29, 0.717) is 12.8 Å². The molecule has 0 heterocycles. The van der Waals surface area contributed by atoms with Crippen LogP contribution in [0.4, 0.5) is 18.9 Å². The molecule has 1 unspecified atom stereocenters. The van der Waals surface area contributed by atoms with Crippen LogP contribution >= 0.6 is 0 Å². The Labute approximate surface area is 109 Å². The third-order valence-electron chi connectivity index (χ3n) is 2.51. The van der Waals surface area contributed by atoms with Crippen LogP contribution in [0.15, 0.2) is 12.1 Å². The van der Waals surface area contributed by atoms with Gasteiger partial charge in [0.05, 0.1) is 12.3 Å². The average molecular weight is 275 g/mol. The van der Waals surface area contributed by atoms with Gasteiger partial charge < -0.3 is 10.1 Å². The molecule has 1 atom stereocenters. The molecule has 6 heteroatoms. The van der Waals surface area contributed by atoms with E-state index in [4.69, 9.17) is 4.74 Å². The van der Waals surface area contributed by atoms with Crippen molar-refractivity contribution in [1.82, 2.24) is 0 Å². The van der Waals surface area contributed by atoms with Gasteiger partial charge in [-0.25, -0.2) is 18.0 Å². The van der Waals surface area contributed by atoms with E-state index in [1.165, 1.54) is 0 Å². The lowest BCUT2D eigenvalue weighted by molar-refractivity contribution is -0.144. The number of rotatable bonds is 6. The van der Waals surface area contributed by atoms with E-state index < -0.39 is 29.5 Å². The van der Waals surface area contributed by atoms with Gasteiger partial charge in [0.15, 0.2) is 17.5 Å². The smallest absolute Gasteiger partial charge is 0.328 e. The van der Waals surface area contributed by atoms with E-state index in [-0.39, 0.29) is 12.3 Å². The molecule has 1 N–H and O–H groups in total. The Morgan fingerprint density at radius 2 is 1.95 bits per heavy atom. The third kappa shape index (κ3) is 3.87. The average Bonchev–Trinajstić information content (AvgIpc) is 2.38. The zero-order chi connectivity index (χ0) is 14.4. The number of carbonyl (C=O) groups excluding carboxylic acids is 1. The van der Waals surface area contributed by atoms with Crippen molar-refractivity contribution in [3.63, 3.8) is 0 Å². The van der Waals surface area contributed by atoms with Crippen LogP contribution in [0, 0.1) is 17.5 Å². The lowest BCUT2D eigenvalue weighted by atomic mass is 10.1. The number of esters is 1. The first-order valence-electron chi connectivity index (χ1n) is 6.07. The molecule has 0 saturated heterocycles. The number of hydrogen-bond acceptors (Lipinski definition) is 3. The fraction of sp³-hybridized carbons (Fsp3) is 0.462. The van der Waals surface area contributed by atoms with E-state index in [9.17, 15) is 18.0 Å². The highest BCUT2D eigenvalue weighted by atomic mass is 19.2. The summed E-state index contributed by atoms with van der Waals surface area (Å²) in [7, 11) is 0. The Bertz CT molecular complexity index is 452. The highest BCUT2D eigenvalue weighted by Gasteiger charge is 2.22. The lowest BCUT2D eigenvalue weighted by Gasteiger charge is -2.18. The number of nitrogens with one attached hydrogen (secondary N) is 1. The number of ether oxygens (including phenoxy) is 1. The van der Waals surface area contributed by atoms with E-state index >= 15 is 0 Å². The van der Waals surface area contributed by atoms with Crippen LogP contribution in [0.2, 0.25) is 0 Å². The van der Waals surface area contributed by atoms with Crippen molar-refractivity contribution in [2.45, 2.75) is 32.7 Å². The molecule has 19 heavy (non-hydrogen) atoms. The van der Waals surface area contributed by atoms with E-state index in [1.54, 1.807) is 6.92 Å². The second-order valence-electron chi connectivity index (χ2n) is 3.96. The first-order chi connectivity index (χ1) is 9.01. The maximum Gasteiger partial charge on any atom is 0.328 e. The Morgan fingerprint density at radius 3 is 2.53 bits per heavy atom. The van der Waals surface area contributed by atoms with Gasteiger partial charge in [-0.05, 0) is 25.5 Å². The molecule has 0 amide bonds. The second kappa shape index (κ2) is 7.01. The van der Waals surface area contributed by atoms with Crippen molar-refractivity contribution in [1.29, 1.82) is 0 Å². The van der Waals surface area contributed by atoms with Crippen LogP contribution in [0.5, 0.6) is 0 Å². The van der Waals surface area contributed by atoms with Crippen molar-refractivity contribution in [3.05, 3.63) is 29.6 Å². The Kier molecular flexibility index (Phi) is 5.66. The molecule has 0 fully saturated rings. The largest absolute Gasteiger partial charge is 0.464 e. The number of halogens is 3. The van der Waals surface area contributed by atoms with Gasteiger partial charge >= 0.3 is 5.97 Å². The minimum absolute atomic E-state index is 0.195. The van der Waals surface area contributed by atoms with E-state index in [0.717, 1.165) is 12.1 Å². The molecule has 0 radical (unpaired) electrons. The number of benzene rings is 1. The molecule has 106 valence electrons. The van der Waals surface area contributed by atoms with E-state index in [1.807, 2.05) is 6.92 Å². The predicted molar refractivity (Wildman–Crippen MR) is 65.3 cm³/mol. The molecule has 0 saturated carbocycles. The summed E-state index contributed by atoms with van der Waals surface area (Å²) in [5.41, 5.74) is -0.259. The molecule has 1 aromatic rings. The molecule has 3 nitrogen and oxygen atoms in total. The van der Waals surface area contributed by atoms with Crippen LogP contribution in [-0.4, -0.2) is 18.6 Å². The molecular weight excluding hydrogens is 259 g/mol. The molecule has 0 bridgehead atoms. The van der Waals surface area contributed by atoms with Crippen LogP contribution in [0.3, 0.4) is 0 Å². The normalized spacial score (nSPS) is 12.1. The molecule has 0 aliphatic rings. The van der Waals surface area contributed by atoms with Gasteiger partial charge in [-0.2, -0.15) is 0 Å². The van der Waals surface area contributed by atoms with Gasteiger partial charge in [-0.3, -0.25) is 0 Å². The number of hydrogen-bond donors (Lipinski definition) is 1. The Hall–Kier alpha value is -1.72. The highest BCUT2D eigenvalue weighted by Crippen LogP contribution is 2.21. The quantitative estimate of drug-likeness (QED) is 0.639. The molecule has 1 rings (SSSR count). The van der Waals surface area contributed by atoms with E-state index in [2.05, 4.69) is 5.32 Å². The van der Waals surface area contributed by atoms with Gasteiger partial charge in [-0.1, -0.05) is 13.3 Å². The van der Waals surface area contributed by atoms with Crippen LogP contribution in [-0.2, 0) is 9.53 Å². The van der Waals surface area contributed by atoms with Crippen molar-refractivity contribution >= 4 is 11.7 Å². The topological polar surface area (TPSA) is 38.3 Å². The summed E-state index contributed by atoms with van der Waals surface area (Å²) >= 11 is 0. The van der Waals surface area contributed by atoms with Gasteiger partial charge in [0.25, 0.3) is 0 Å². The van der Waals surface area contributed by atoms with Crippen molar-refractivity contribution in [2.24, 2.45) is 0 Å². The minimum atomic E-state index is -1.57. The van der Waals surface area contributed by atoms with Crippen LogP contribution < -0.4 is 5.32 Å². The van der Waals surface area contributed by atoms with Gasteiger partial charge in [0.1, 0.15) is 6.04 Å². The second-order valence-corrected chi connectivity index (χ2v) is 3.96. The summed E-state index contributed by atoms with van der Waals surface area (Å²) in [5.74, 6) is -4.73. The summed E-state index contributed by atoms with van der Waals surface area (Å²) < 4.78 is 44.2. The zero-order valence-electron chi connectivity index (χ0n) is 10.8. The summed E-state index contributed by atoms with van der Waals surface area (Å²) in [6.07, 6.45) is 1.05. The Balaban J connectivity index is 2.90. The molecular formula is C13H16F3NO2. The number of carbonyl (C=O) groups is 1. The van der Waals surface area contributed by atoms with Gasteiger partial charge in [-0.15, -0.1) is 0 Å². The van der Waals surface area contributed by atoms with Gasteiger partial charge in [0, 0.05) is 0 Å². The van der Waals surface area contributed by atoms with Crippen molar-refractivity contribution in [3.8, 4) is 0 Å². The van der Waals surface area contributed by atoms with Crippen molar-refractivity contribution < 1.29 is 22.7 Å².